The van der Waals surface area contributed by atoms with Crippen LogP contribution >= 0.6 is 0 Å². The Kier molecular flexibility index (Phi) is 11.7. The number of nitrogens with two attached hydrogens (primary N) is 1. The molecule has 8 heteroatoms. The van der Waals surface area contributed by atoms with E-state index in [0.29, 0.717) is 25.3 Å². The van der Waals surface area contributed by atoms with Gasteiger partial charge in [-0.05, 0) is 53.4 Å². The van der Waals surface area contributed by atoms with Crippen molar-refractivity contribution in [1.29, 1.82) is 0 Å². The Morgan fingerprint density at radius 2 is 1.39 bits per heavy atom. The first-order chi connectivity index (χ1) is 21.4. The molecule has 0 spiro atoms. The maximum Gasteiger partial charge on any atom is 0.251 e. The van der Waals surface area contributed by atoms with Crippen LogP contribution in [0.15, 0.2) is 109 Å². The highest BCUT2D eigenvalue weighted by molar-refractivity contribution is 5.97. The molecule has 3 amide bonds. The molecule has 4 N–H and O–H groups in total. The second kappa shape index (κ2) is 16.0. The molecule has 0 fully saturated rings. The van der Waals surface area contributed by atoms with Crippen LogP contribution in [-0.4, -0.2) is 48.9 Å². The Hall–Kier alpha value is -4.95. The summed E-state index contributed by atoms with van der Waals surface area (Å²) >= 11 is 0. The van der Waals surface area contributed by atoms with E-state index in [-0.39, 0.29) is 30.7 Å². The topological polar surface area (TPSA) is 114 Å². The molecule has 0 aliphatic rings. The first-order valence-corrected chi connectivity index (χ1v) is 14.8. The Morgan fingerprint density at radius 3 is 2.00 bits per heavy atom. The van der Waals surface area contributed by atoms with Crippen LogP contribution < -0.4 is 21.1 Å². The summed E-state index contributed by atoms with van der Waals surface area (Å²) in [6.45, 7) is 3.39. The fourth-order valence-corrected chi connectivity index (χ4v) is 4.92. The summed E-state index contributed by atoms with van der Waals surface area (Å²) in [5, 5.41) is 5.96. The van der Waals surface area contributed by atoms with Crippen molar-refractivity contribution in [3.05, 3.63) is 137 Å². The smallest absolute Gasteiger partial charge is 0.251 e. The molecule has 0 bridgehead atoms. The summed E-state index contributed by atoms with van der Waals surface area (Å²) in [6, 6.07) is 32.6. The molecule has 44 heavy (non-hydrogen) atoms. The van der Waals surface area contributed by atoms with Crippen molar-refractivity contribution in [2.75, 3.05) is 20.2 Å². The molecule has 4 rings (SSSR count). The molecule has 228 valence electrons. The van der Waals surface area contributed by atoms with Crippen LogP contribution in [0.3, 0.4) is 0 Å². The van der Waals surface area contributed by atoms with Crippen molar-refractivity contribution in [1.82, 2.24) is 15.5 Å². The first-order valence-electron chi connectivity index (χ1n) is 14.8. The standard InChI is InChI=1S/C36H40N4O4/c1-3-44-31-20-18-26(19-21-31)22-33(39-34(41)30-12-8-5-9-13-30)36(43)40(2)25-32(29-10-6-4-7-11-29)35(42)38-24-28-16-14-27(23-37)15-17-28/h4-21,32-33H,3,22-25,37H2,1-2H3,(H,38,42)(H,39,41)/t32-,33+/m0/s1. The van der Waals surface area contributed by atoms with Gasteiger partial charge in [-0.1, -0.05) is 84.9 Å². The molecule has 0 saturated heterocycles. The average Bonchev–Trinajstić information content (AvgIpc) is 3.07. The average molecular weight is 593 g/mol. The summed E-state index contributed by atoms with van der Waals surface area (Å²) in [5.74, 6) is -0.730. The predicted molar refractivity (Wildman–Crippen MR) is 172 cm³/mol. The summed E-state index contributed by atoms with van der Waals surface area (Å²) in [5.41, 5.74) is 9.79. The number of carbonyl (C=O) groups excluding carboxylic acids is 3. The van der Waals surface area contributed by atoms with Crippen LogP contribution in [0.25, 0.3) is 0 Å². The molecule has 2 atom stereocenters. The molecule has 0 heterocycles. The van der Waals surface area contributed by atoms with Crippen molar-refractivity contribution in [3.8, 4) is 5.75 Å². The van der Waals surface area contributed by atoms with E-state index >= 15 is 0 Å². The lowest BCUT2D eigenvalue weighted by Gasteiger charge is -2.28. The van der Waals surface area contributed by atoms with E-state index < -0.39 is 12.0 Å². The number of carbonyl (C=O) groups is 3. The van der Waals surface area contributed by atoms with Gasteiger partial charge in [-0.25, -0.2) is 0 Å². The number of hydrogen-bond acceptors (Lipinski definition) is 5. The molecule has 0 aromatic heterocycles. The molecule has 0 saturated carbocycles. The molecule has 0 aliphatic heterocycles. The Morgan fingerprint density at radius 1 is 0.795 bits per heavy atom. The van der Waals surface area contributed by atoms with Gasteiger partial charge < -0.3 is 26.0 Å². The minimum atomic E-state index is -0.855. The van der Waals surface area contributed by atoms with E-state index in [1.54, 1.807) is 31.3 Å². The largest absolute Gasteiger partial charge is 0.494 e. The van der Waals surface area contributed by atoms with Gasteiger partial charge in [-0.15, -0.1) is 0 Å². The van der Waals surface area contributed by atoms with Gasteiger partial charge >= 0.3 is 0 Å². The van der Waals surface area contributed by atoms with Crippen molar-refractivity contribution < 1.29 is 19.1 Å². The van der Waals surface area contributed by atoms with E-state index in [4.69, 9.17) is 10.5 Å². The number of rotatable bonds is 14. The predicted octanol–water partition coefficient (Wildman–Crippen LogP) is 4.44. The van der Waals surface area contributed by atoms with Crippen LogP contribution in [0, 0.1) is 0 Å². The maximum atomic E-state index is 14.0. The van der Waals surface area contributed by atoms with Crippen molar-refractivity contribution in [3.63, 3.8) is 0 Å². The normalized spacial score (nSPS) is 12.1. The highest BCUT2D eigenvalue weighted by Gasteiger charge is 2.29. The summed E-state index contributed by atoms with van der Waals surface area (Å²) in [4.78, 5) is 42.2. The van der Waals surface area contributed by atoms with E-state index in [0.717, 1.165) is 28.0 Å². The van der Waals surface area contributed by atoms with Gasteiger partial charge in [-0.3, -0.25) is 14.4 Å². The lowest BCUT2D eigenvalue weighted by Crippen LogP contribution is -2.50. The van der Waals surface area contributed by atoms with Crippen LogP contribution in [0.1, 0.15) is 45.5 Å². The fourth-order valence-electron chi connectivity index (χ4n) is 4.92. The second-order valence-electron chi connectivity index (χ2n) is 10.6. The number of nitrogens with one attached hydrogen (secondary N) is 2. The van der Waals surface area contributed by atoms with E-state index in [1.807, 2.05) is 91.9 Å². The number of nitrogens with zero attached hydrogens (tertiary/aromatic N) is 1. The third-order valence-electron chi connectivity index (χ3n) is 7.39. The van der Waals surface area contributed by atoms with Crippen LogP contribution in [0.5, 0.6) is 5.75 Å². The van der Waals surface area contributed by atoms with Gasteiger partial charge in [0.05, 0.1) is 12.5 Å². The van der Waals surface area contributed by atoms with E-state index in [9.17, 15) is 14.4 Å². The summed E-state index contributed by atoms with van der Waals surface area (Å²) in [7, 11) is 1.66. The Balaban J connectivity index is 1.52. The quantitative estimate of drug-likeness (QED) is 0.200. The summed E-state index contributed by atoms with van der Waals surface area (Å²) < 4.78 is 5.55. The molecular formula is C36H40N4O4. The van der Waals surface area contributed by atoms with Gasteiger partial charge in [0.1, 0.15) is 11.8 Å². The second-order valence-corrected chi connectivity index (χ2v) is 10.6. The van der Waals surface area contributed by atoms with Crippen molar-refractivity contribution in [2.45, 2.75) is 38.4 Å². The molecule has 8 nitrogen and oxygen atoms in total. The van der Waals surface area contributed by atoms with Gasteiger partial charge in [-0.2, -0.15) is 0 Å². The lowest BCUT2D eigenvalue weighted by atomic mass is 9.96. The van der Waals surface area contributed by atoms with E-state index in [2.05, 4.69) is 10.6 Å². The Bertz CT molecular complexity index is 1490. The monoisotopic (exact) mass is 592 g/mol. The van der Waals surface area contributed by atoms with Crippen LogP contribution in [-0.2, 0) is 29.1 Å². The summed E-state index contributed by atoms with van der Waals surface area (Å²) in [6.07, 6.45) is 0.273. The van der Waals surface area contributed by atoms with Gasteiger partial charge in [0.2, 0.25) is 11.8 Å². The molecule has 0 aliphatic carbocycles. The van der Waals surface area contributed by atoms with Crippen molar-refractivity contribution >= 4 is 17.7 Å². The zero-order chi connectivity index (χ0) is 31.3. The number of ether oxygens (including phenoxy) is 1. The number of amides is 3. The fraction of sp³-hybridized carbons (Fsp3) is 0.250. The first kappa shape index (κ1) is 32.0. The number of hydrogen-bond donors (Lipinski definition) is 3. The molecule has 0 unspecified atom stereocenters. The van der Waals surface area contributed by atoms with Gasteiger partial charge in [0.15, 0.2) is 0 Å². The molecule has 4 aromatic carbocycles. The number of benzene rings is 4. The minimum Gasteiger partial charge on any atom is -0.494 e. The Labute approximate surface area is 259 Å². The zero-order valence-corrected chi connectivity index (χ0v) is 25.2. The third kappa shape index (κ3) is 9.02. The minimum absolute atomic E-state index is 0.127. The van der Waals surface area contributed by atoms with Crippen molar-refractivity contribution in [2.24, 2.45) is 5.73 Å². The maximum absolute atomic E-state index is 14.0. The van der Waals surface area contributed by atoms with E-state index in [1.165, 1.54) is 4.90 Å². The molecule has 4 aromatic rings. The number of likely N-dealkylation sites (N-methyl/N-ethyl adjacent to an activating group) is 1. The highest BCUT2D eigenvalue weighted by Crippen LogP contribution is 2.20. The van der Waals surface area contributed by atoms with Gasteiger partial charge in [0, 0.05) is 38.7 Å². The SMILES string of the molecule is CCOc1ccc(C[C@@H](NC(=O)c2ccccc2)C(=O)N(C)C[C@H](C(=O)NCc2ccc(CN)cc2)c2ccccc2)cc1. The third-order valence-corrected chi connectivity index (χ3v) is 7.39. The van der Waals surface area contributed by atoms with Gasteiger partial charge in [0.25, 0.3) is 5.91 Å². The molecular weight excluding hydrogens is 552 g/mol. The highest BCUT2D eigenvalue weighted by atomic mass is 16.5. The zero-order valence-electron chi connectivity index (χ0n) is 25.2. The van der Waals surface area contributed by atoms with Crippen LogP contribution in [0.2, 0.25) is 0 Å². The lowest BCUT2D eigenvalue weighted by molar-refractivity contribution is -0.133. The molecule has 0 radical (unpaired) electrons. The van der Waals surface area contributed by atoms with Crippen LogP contribution in [0.4, 0.5) is 0 Å².